The highest BCUT2D eigenvalue weighted by molar-refractivity contribution is 6.06. The molecule has 0 aromatic rings. The summed E-state index contributed by atoms with van der Waals surface area (Å²) in [5.74, 6) is 1.40. The lowest BCUT2D eigenvalue weighted by molar-refractivity contribution is -0.127. The third kappa shape index (κ3) is 4.12. The van der Waals surface area contributed by atoms with Crippen molar-refractivity contribution >= 4 is 11.7 Å². The minimum atomic E-state index is -0.921. The second-order valence-corrected chi connectivity index (χ2v) is 6.34. The number of nitrogens with one attached hydrogen (secondary N) is 1. The molecule has 1 saturated carbocycles. The van der Waals surface area contributed by atoms with E-state index in [0.717, 1.165) is 18.3 Å². The molecule has 1 unspecified atom stereocenters. The lowest BCUT2D eigenvalue weighted by atomic mass is 9.81. The number of amides is 1. The summed E-state index contributed by atoms with van der Waals surface area (Å²) >= 11 is 0. The first-order valence-corrected chi connectivity index (χ1v) is 7.70. The molecule has 4 N–H and O–H groups in total. The lowest BCUT2D eigenvalue weighted by Gasteiger charge is -2.28. The number of carbonyl (C=O) groups is 1. The van der Waals surface area contributed by atoms with Gasteiger partial charge in [0, 0.05) is 6.54 Å². The van der Waals surface area contributed by atoms with Gasteiger partial charge in [0.25, 0.3) is 0 Å². The van der Waals surface area contributed by atoms with Crippen LogP contribution < -0.4 is 11.1 Å². The van der Waals surface area contributed by atoms with Crippen LogP contribution >= 0.6 is 0 Å². The van der Waals surface area contributed by atoms with E-state index in [0.29, 0.717) is 13.0 Å². The summed E-state index contributed by atoms with van der Waals surface area (Å²) in [7, 11) is 0. The van der Waals surface area contributed by atoms with Crippen molar-refractivity contribution in [3.8, 4) is 0 Å². The average Bonchev–Trinajstić information content (AvgIpc) is 2.47. The fraction of sp³-hybridized carbons (Fsp3) is 0.867. The molecule has 0 aromatic heterocycles. The van der Waals surface area contributed by atoms with E-state index < -0.39 is 5.41 Å². The zero-order valence-electron chi connectivity index (χ0n) is 13.0. The van der Waals surface area contributed by atoms with Gasteiger partial charge in [-0.05, 0) is 31.6 Å². The number of amidine groups is 1. The summed E-state index contributed by atoms with van der Waals surface area (Å²) in [4.78, 5) is 12.2. The monoisotopic (exact) mass is 283 g/mol. The summed E-state index contributed by atoms with van der Waals surface area (Å²) in [6.07, 6.45) is 6.67. The predicted molar refractivity (Wildman–Crippen MR) is 80.6 cm³/mol. The second kappa shape index (κ2) is 7.50. The van der Waals surface area contributed by atoms with Crippen LogP contribution in [0.5, 0.6) is 0 Å². The Balaban J connectivity index is 2.39. The molecule has 1 aliphatic carbocycles. The van der Waals surface area contributed by atoms with Gasteiger partial charge >= 0.3 is 0 Å². The normalized spacial score (nSPS) is 26.9. The van der Waals surface area contributed by atoms with Gasteiger partial charge in [-0.25, -0.2) is 0 Å². The Morgan fingerprint density at radius 1 is 1.40 bits per heavy atom. The van der Waals surface area contributed by atoms with Gasteiger partial charge in [-0.1, -0.05) is 44.7 Å². The van der Waals surface area contributed by atoms with Gasteiger partial charge in [0.15, 0.2) is 5.84 Å². The number of oxime groups is 1. The van der Waals surface area contributed by atoms with Gasteiger partial charge in [0.2, 0.25) is 5.91 Å². The molecule has 0 saturated heterocycles. The Labute approximate surface area is 122 Å². The Bertz CT molecular complexity index is 349. The first kappa shape index (κ1) is 16.8. The van der Waals surface area contributed by atoms with Crippen LogP contribution in [0.25, 0.3) is 0 Å². The van der Waals surface area contributed by atoms with Crippen molar-refractivity contribution < 1.29 is 10.0 Å². The third-order valence-corrected chi connectivity index (χ3v) is 4.85. The maximum absolute atomic E-state index is 12.2. The van der Waals surface area contributed by atoms with Crippen molar-refractivity contribution in [2.75, 3.05) is 6.54 Å². The molecule has 0 aliphatic heterocycles. The molecular weight excluding hydrogens is 254 g/mol. The van der Waals surface area contributed by atoms with E-state index in [4.69, 9.17) is 10.9 Å². The van der Waals surface area contributed by atoms with Crippen LogP contribution in [0, 0.1) is 17.3 Å². The Hall–Kier alpha value is -1.26. The molecule has 0 aromatic carbocycles. The first-order chi connectivity index (χ1) is 9.43. The number of nitrogens with zero attached hydrogens (tertiary/aromatic N) is 1. The van der Waals surface area contributed by atoms with Crippen LogP contribution in [0.4, 0.5) is 0 Å². The standard InChI is InChI=1S/C15H29N3O2/c1-4-15(3,13(16)18-20)14(19)17-10-9-12-7-5-11(2)6-8-12/h11-12,20H,4-10H2,1-3H3,(H2,16,18)(H,17,19). The van der Waals surface area contributed by atoms with Crippen molar-refractivity contribution in [3.05, 3.63) is 0 Å². The van der Waals surface area contributed by atoms with E-state index in [9.17, 15) is 4.79 Å². The Morgan fingerprint density at radius 2 is 2.00 bits per heavy atom. The fourth-order valence-electron chi connectivity index (χ4n) is 2.77. The van der Waals surface area contributed by atoms with Crippen molar-refractivity contribution in [3.63, 3.8) is 0 Å². The smallest absolute Gasteiger partial charge is 0.233 e. The van der Waals surface area contributed by atoms with Gasteiger partial charge in [0.05, 0.1) is 0 Å². The molecule has 5 heteroatoms. The molecule has 5 nitrogen and oxygen atoms in total. The maximum atomic E-state index is 12.2. The topological polar surface area (TPSA) is 87.7 Å². The Morgan fingerprint density at radius 3 is 2.50 bits per heavy atom. The molecule has 1 amide bonds. The summed E-state index contributed by atoms with van der Waals surface area (Å²) in [6, 6.07) is 0. The molecule has 1 aliphatic rings. The number of hydrogen-bond acceptors (Lipinski definition) is 3. The zero-order valence-corrected chi connectivity index (χ0v) is 13.0. The number of nitrogens with two attached hydrogens (primary N) is 1. The van der Waals surface area contributed by atoms with Crippen molar-refractivity contribution in [2.45, 2.75) is 59.3 Å². The summed E-state index contributed by atoms with van der Waals surface area (Å²) in [5.41, 5.74) is 4.71. The second-order valence-electron chi connectivity index (χ2n) is 6.34. The van der Waals surface area contributed by atoms with E-state index in [2.05, 4.69) is 17.4 Å². The Kier molecular flexibility index (Phi) is 6.30. The highest BCUT2D eigenvalue weighted by Crippen LogP contribution is 2.30. The molecule has 20 heavy (non-hydrogen) atoms. The zero-order chi connectivity index (χ0) is 15.2. The summed E-state index contributed by atoms with van der Waals surface area (Å²) in [6.45, 7) is 6.55. The van der Waals surface area contributed by atoms with E-state index in [1.54, 1.807) is 6.92 Å². The molecular formula is C15H29N3O2. The van der Waals surface area contributed by atoms with Gasteiger partial charge in [-0.15, -0.1) is 0 Å². The van der Waals surface area contributed by atoms with E-state index in [1.807, 2.05) is 6.92 Å². The molecule has 1 rings (SSSR count). The van der Waals surface area contributed by atoms with Gasteiger partial charge in [-0.2, -0.15) is 0 Å². The summed E-state index contributed by atoms with van der Waals surface area (Å²) < 4.78 is 0. The lowest BCUT2D eigenvalue weighted by Crippen LogP contribution is -2.48. The molecule has 1 atom stereocenters. The van der Waals surface area contributed by atoms with Crippen molar-refractivity contribution in [1.29, 1.82) is 0 Å². The highest BCUT2D eigenvalue weighted by atomic mass is 16.4. The van der Waals surface area contributed by atoms with E-state index in [1.165, 1.54) is 25.7 Å². The molecule has 0 heterocycles. The molecule has 0 bridgehead atoms. The average molecular weight is 283 g/mol. The van der Waals surface area contributed by atoms with Gasteiger partial charge in [-0.3, -0.25) is 4.79 Å². The van der Waals surface area contributed by atoms with Crippen LogP contribution in [0.15, 0.2) is 5.16 Å². The predicted octanol–water partition coefficient (Wildman–Crippen LogP) is 2.48. The quantitative estimate of drug-likeness (QED) is 0.303. The van der Waals surface area contributed by atoms with E-state index in [-0.39, 0.29) is 11.7 Å². The molecule has 116 valence electrons. The number of carbonyl (C=O) groups excluding carboxylic acids is 1. The minimum Gasteiger partial charge on any atom is -0.409 e. The third-order valence-electron chi connectivity index (χ3n) is 4.85. The van der Waals surface area contributed by atoms with Crippen molar-refractivity contribution in [1.82, 2.24) is 5.32 Å². The van der Waals surface area contributed by atoms with Crippen LogP contribution in [-0.2, 0) is 4.79 Å². The fourth-order valence-corrected chi connectivity index (χ4v) is 2.77. The van der Waals surface area contributed by atoms with Crippen LogP contribution in [0.1, 0.15) is 59.3 Å². The van der Waals surface area contributed by atoms with Gasteiger partial charge in [0.1, 0.15) is 5.41 Å². The molecule has 1 fully saturated rings. The van der Waals surface area contributed by atoms with Crippen molar-refractivity contribution in [2.24, 2.45) is 28.1 Å². The number of hydrogen-bond donors (Lipinski definition) is 3. The highest BCUT2D eigenvalue weighted by Gasteiger charge is 2.36. The largest absolute Gasteiger partial charge is 0.409 e. The molecule has 0 spiro atoms. The SMILES string of the molecule is CCC(C)(C(=O)NCCC1CCC(C)CC1)C(N)=NO. The maximum Gasteiger partial charge on any atom is 0.233 e. The summed E-state index contributed by atoms with van der Waals surface area (Å²) in [5, 5.41) is 14.7. The van der Waals surface area contributed by atoms with Crippen LogP contribution in [-0.4, -0.2) is 23.5 Å². The van der Waals surface area contributed by atoms with Gasteiger partial charge < -0.3 is 16.3 Å². The first-order valence-electron chi connectivity index (χ1n) is 7.70. The minimum absolute atomic E-state index is 0.0241. The van der Waals surface area contributed by atoms with Crippen LogP contribution in [0.3, 0.4) is 0 Å². The van der Waals surface area contributed by atoms with E-state index >= 15 is 0 Å². The number of rotatable bonds is 6. The molecule has 0 radical (unpaired) electrons. The van der Waals surface area contributed by atoms with Crippen LogP contribution in [0.2, 0.25) is 0 Å².